The van der Waals surface area contributed by atoms with Gasteiger partial charge in [0.05, 0.1) is 5.69 Å². The predicted molar refractivity (Wildman–Crippen MR) is 73.3 cm³/mol. The van der Waals surface area contributed by atoms with Gasteiger partial charge in [0, 0.05) is 17.5 Å². The minimum absolute atomic E-state index is 0.526. The SMILES string of the molecule is Cc1cc(C)cc(-c2cc(N)nc(C3CC3)n2)c1. The predicted octanol–water partition coefficient (Wildman–Crippen LogP) is 3.22. The van der Waals surface area contributed by atoms with E-state index in [1.54, 1.807) is 0 Å². The summed E-state index contributed by atoms with van der Waals surface area (Å²) < 4.78 is 0. The third-order valence-electron chi connectivity index (χ3n) is 3.22. The van der Waals surface area contributed by atoms with E-state index in [4.69, 9.17) is 5.73 Å². The number of aromatic nitrogens is 2. The molecule has 0 unspecified atom stereocenters. The Kier molecular flexibility index (Phi) is 2.54. The highest BCUT2D eigenvalue weighted by Crippen LogP contribution is 2.39. The number of nitrogens with two attached hydrogens (primary N) is 1. The maximum atomic E-state index is 5.89. The molecule has 1 aliphatic carbocycles. The van der Waals surface area contributed by atoms with E-state index in [-0.39, 0.29) is 0 Å². The van der Waals surface area contributed by atoms with Crippen molar-refractivity contribution in [3.63, 3.8) is 0 Å². The van der Waals surface area contributed by atoms with Crippen LogP contribution < -0.4 is 5.73 Å². The Bertz CT molecular complexity index is 580. The van der Waals surface area contributed by atoms with E-state index in [2.05, 4.69) is 42.0 Å². The van der Waals surface area contributed by atoms with Gasteiger partial charge < -0.3 is 5.73 Å². The van der Waals surface area contributed by atoms with Crippen molar-refractivity contribution < 1.29 is 0 Å². The second kappa shape index (κ2) is 4.09. The zero-order chi connectivity index (χ0) is 12.7. The lowest BCUT2D eigenvalue weighted by atomic mass is 10.0. The van der Waals surface area contributed by atoms with Gasteiger partial charge in [0.25, 0.3) is 0 Å². The van der Waals surface area contributed by atoms with Gasteiger partial charge in [0.2, 0.25) is 0 Å². The fourth-order valence-electron chi connectivity index (χ4n) is 2.28. The van der Waals surface area contributed by atoms with Crippen molar-refractivity contribution in [2.45, 2.75) is 32.6 Å². The average Bonchev–Trinajstić information content (AvgIpc) is 3.10. The van der Waals surface area contributed by atoms with E-state index in [0.717, 1.165) is 17.1 Å². The summed E-state index contributed by atoms with van der Waals surface area (Å²) in [5.74, 6) is 2.00. The van der Waals surface area contributed by atoms with Gasteiger partial charge in [0.1, 0.15) is 11.6 Å². The Labute approximate surface area is 107 Å². The number of hydrogen-bond donors (Lipinski definition) is 1. The molecule has 1 aromatic heterocycles. The fraction of sp³-hybridized carbons (Fsp3) is 0.333. The first-order valence-electron chi connectivity index (χ1n) is 6.35. The highest BCUT2D eigenvalue weighted by atomic mass is 15.0. The Hall–Kier alpha value is -1.90. The Balaban J connectivity index is 2.09. The van der Waals surface area contributed by atoms with Crippen molar-refractivity contribution in [3.05, 3.63) is 41.2 Å². The molecular weight excluding hydrogens is 222 g/mol. The molecule has 1 aromatic carbocycles. The zero-order valence-electron chi connectivity index (χ0n) is 10.8. The van der Waals surface area contributed by atoms with E-state index in [0.29, 0.717) is 11.7 Å². The van der Waals surface area contributed by atoms with E-state index in [1.807, 2.05) is 6.07 Å². The third-order valence-corrected chi connectivity index (χ3v) is 3.22. The second-order valence-electron chi connectivity index (χ2n) is 5.19. The van der Waals surface area contributed by atoms with Gasteiger partial charge in [-0.15, -0.1) is 0 Å². The van der Waals surface area contributed by atoms with Crippen LogP contribution in [0.25, 0.3) is 11.3 Å². The maximum Gasteiger partial charge on any atom is 0.134 e. The van der Waals surface area contributed by atoms with E-state index < -0.39 is 0 Å². The van der Waals surface area contributed by atoms with Crippen molar-refractivity contribution >= 4 is 5.82 Å². The molecule has 0 saturated heterocycles. The first-order valence-corrected chi connectivity index (χ1v) is 6.35. The van der Waals surface area contributed by atoms with Crippen molar-refractivity contribution in [3.8, 4) is 11.3 Å². The summed E-state index contributed by atoms with van der Waals surface area (Å²) in [5.41, 5.74) is 10.4. The largest absolute Gasteiger partial charge is 0.384 e. The summed E-state index contributed by atoms with van der Waals surface area (Å²) in [6.07, 6.45) is 2.38. The second-order valence-corrected chi connectivity index (χ2v) is 5.19. The van der Waals surface area contributed by atoms with Crippen LogP contribution in [0.5, 0.6) is 0 Å². The van der Waals surface area contributed by atoms with Crippen LogP contribution in [0.15, 0.2) is 24.3 Å². The van der Waals surface area contributed by atoms with Gasteiger partial charge in [-0.25, -0.2) is 9.97 Å². The van der Waals surface area contributed by atoms with Crippen LogP contribution in [0.1, 0.15) is 35.7 Å². The molecule has 3 nitrogen and oxygen atoms in total. The molecule has 0 radical (unpaired) electrons. The van der Waals surface area contributed by atoms with E-state index in [9.17, 15) is 0 Å². The summed E-state index contributed by atoms with van der Waals surface area (Å²) in [5, 5.41) is 0. The molecule has 1 heterocycles. The lowest BCUT2D eigenvalue weighted by molar-refractivity contribution is 0.936. The molecule has 2 N–H and O–H groups in total. The normalized spacial score (nSPS) is 14.8. The minimum Gasteiger partial charge on any atom is -0.384 e. The van der Waals surface area contributed by atoms with Gasteiger partial charge in [-0.3, -0.25) is 0 Å². The van der Waals surface area contributed by atoms with Gasteiger partial charge in [-0.1, -0.05) is 17.2 Å². The molecule has 18 heavy (non-hydrogen) atoms. The maximum absolute atomic E-state index is 5.89. The van der Waals surface area contributed by atoms with Crippen LogP contribution in [-0.2, 0) is 0 Å². The van der Waals surface area contributed by atoms with Crippen molar-refractivity contribution in [1.29, 1.82) is 0 Å². The first kappa shape index (κ1) is 11.2. The van der Waals surface area contributed by atoms with Crippen molar-refractivity contribution in [2.24, 2.45) is 0 Å². The van der Waals surface area contributed by atoms with Gasteiger partial charge in [-0.2, -0.15) is 0 Å². The Morgan fingerprint density at radius 3 is 2.28 bits per heavy atom. The van der Waals surface area contributed by atoms with Gasteiger partial charge >= 0.3 is 0 Å². The molecule has 92 valence electrons. The lowest BCUT2D eigenvalue weighted by Gasteiger charge is -2.07. The van der Waals surface area contributed by atoms with Crippen LogP contribution in [0.3, 0.4) is 0 Å². The topological polar surface area (TPSA) is 51.8 Å². The number of aryl methyl sites for hydroxylation is 2. The molecule has 2 aromatic rings. The molecule has 1 saturated carbocycles. The smallest absolute Gasteiger partial charge is 0.134 e. The molecule has 0 spiro atoms. The fourth-order valence-corrected chi connectivity index (χ4v) is 2.28. The number of rotatable bonds is 2. The Morgan fingerprint density at radius 2 is 1.67 bits per heavy atom. The molecule has 3 heteroatoms. The highest BCUT2D eigenvalue weighted by Gasteiger charge is 2.27. The molecule has 1 aliphatic rings. The molecule has 0 bridgehead atoms. The summed E-state index contributed by atoms with van der Waals surface area (Å²) in [6, 6.07) is 8.31. The highest BCUT2D eigenvalue weighted by molar-refractivity contribution is 5.63. The zero-order valence-corrected chi connectivity index (χ0v) is 10.8. The van der Waals surface area contributed by atoms with Crippen LogP contribution in [0, 0.1) is 13.8 Å². The Morgan fingerprint density at radius 1 is 1.00 bits per heavy atom. The van der Waals surface area contributed by atoms with Crippen LogP contribution in [0.2, 0.25) is 0 Å². The number of benzene rings is 1. The van der Waals surface area contributed by atoms with Crippen LogP contribution in [0.4, 0.5) is 5.82 Å². The minimum atomic E-state index is 0.526. The summed E-state index contributed by atoms with van der Waals surface area (Å²) >= 11 is 0. The number of hydrogen-bond acceptors (Lipinski definition) is 3. The summed E-state index contributed by atoms with van der Waals surface area (Å²) in [4.78, 5) is 8.99. The quantitative estimate of drug-likeness (QED) is 0.875. The molecule has 1 fully saturated rings. The van der Waals surface area contributed by atoms with E-state index >= 15 is 0 Å². The standard InChI is InChI=1S/C15H17N3/c1-9-5-10(2)7-12(6-9)13-8-14(16)18-15(17-13)11-3-4-11/h5-8,11H,3-4H2,1-2H3,(H2,16,17,18). The molecule has 0 aliphatic heterocycles. The molecule has 3 rings (SSSR count). The van der Waals surface area contributed by atoms with Crippen molar-refractivity contribution in [1.82, 2.24) is 9.97 Å². The summed E-state index contributed by atoms with van der Waals surface area (Å²) in [7, 11) is 0. The first-order chi connectivity index (χ1) is 8.61. The molecule has 0 atom stereocenters. The number of anilines is 1. The van der Waals surface area contributed by atoms with Crippen LogP contribution in [-0.4, -0.2) is 9.97 Å². The molecular formula is C15H17N3. The van der Waals surface area contributed by atoms with E-state index in [1.165, 1.54) is 24.0 Å². The monoisotopic (exact) mass is 239 g/mol. The third kappa shape index (κ3) is 2.21. The average molecular weight is 239 g/mol. The van der Waals surface area contributed by atoms with Gasteiger partial charge in [-0.05, 0) is 38.8 Å². The van der Waals surface area contributed by atoms with Crippen molar-refractivity contribution in [2.75, 3.05) is 5.73 Å². The number of nitrogen functional groups attached to an aromatic ring is 1. The number of nitrogens with zero attached hydrogens (tertiary/aromatic N) is 2. The lowest BCUT2D eigenvalue weighted by Crippen LogP contribution is -2.00. The summed E-state index contributed by atoms with van der Waals surface area (Å²) in [6.45, 7) is 4.20. The van der Waals surface area contributed by atoms with Gasteiger partial charge in [0.15, 0.2) is 0 Å². The van der Waals surface area contributed by atoms with Crippen LogP contribution >= 0.6 is 0 Å². The molecule has 0 amide bonds.